The summed E-state index contributed by atoms with van der Waals surface area (Å²) in [6, 6.07) is 12.5. The van der Waals surface area contributed by atoms with Crippen LogP contribution in [0.4, 0.5) is 16.2 Å². The number of anilines is 2. The van der Waals surface area contributed by atoms with Gasteiger partial charge in [0.25, 0.3) is 5.91 Å². The first-order valence-corrected chi connectivity index (χ1v) is 8.27. The van der Waals surface area contributed by atoms with Crippen LogP contribution >= 0.6 is 0 Å². The molecule has 0 fully saturated rings. The van der Waals surface area contributed by atoms with E-state index in [0.717, 1.165) is 11.1 Å². The van der Waals surface area contributed by atoms with Crippen LogP contribution in [0.25, 0.3) is 0 Å². The van der Waals surface area contributed by atoms with Crippen LogP contribution in [-0.4, -0.2) is 18.6 Å². The third kappa shape index (κ3) is 5.64. The first-order chi connectivity index (χ1) is 11.8. The van der Waals surface area contributed by atoms with Gasteiger partial charge in [0.15, 0.2) is 0 Å². The molecule has 0 aromatic heterocycles. The molecule has 2 N–H and O–H groups in total. The number of amides is 2. The number of ether oxygens (including phenoxy) is 1. The summed E-state index contributed by atoms with van der Waals surface area (Å²) >= 11 is 0. The summed E-state index contributed by atoms with van der Waals surface area (Å²) in [5.74, 6) is 0.0805. The van der Waals surface area contributed by atoms with Gasteiger partial charge in [-0.15, -0.1) is 0 Å². The fourth-order valence-electron chi connectivity index (χ4n) is 2.16. The molecule has 0 bridgehead atoms. The van der Waals surface area contributed by atoms with Crippen LogP contribution in [0.1, 0.15) is 35.3 Å². The summed E-state index contributed by atoms with van der Waals surface area (Å²) < 4.78 is 5.08. The summed E-state index contributed by atoms with van der Waals surface area (Å²) in [6.45, 7) is 8.27. The summed E-state index contributed by atoms with van der Waals surface area (Å²) in [7, 11) is 0. The van der Waals surface area contributed by atoms with Crippen molar-refractivity contribution in [3.63, 3.8) is 0 Å². The normalized spacial score (nSPS) is 10.4. The number of rotatable bonds is 5. The standard InChI is InChI=1S/C20H24N2O3/c1-13(2)12-25-20(24)22-18-7-5-6-17(11-18)21-19(23)16-9-8-14(3)15(4)10-16/h5-11,13H,12H2,1-4H3,(H,21,23)(H,22,24). The Kier molecular flexibility index (Phi) is 6.17. The highest BCUT2D eigenvalue weighted by Crippen LogP contribution is 2.17. The Morgan fingerprint density at radius 1 is 0.960 bits per heavy atom. The summed E-state index contributed by atoms with van der Waals surface area (Å²) in [5, 5.41) is 5.49. The van der Waals surface area contributed by atoms with Crippen LogP contribution in [0, 0.1) is 19.8 Å². The third-order valence-corrected chi connectivity index (χ3v) is 3.68. The van der Waals surface area contributed by atoms with Crippen molar-refractivity contribution in [1.82, 2.24) is 0 Å². The lowest BCUT2D eigenvalue weighted by Crippen LogP contribution is -2.17. The molecule has 132 valence electrons. The molecule has 5 nitrogen and oxygen atoms in total. The predicted molar refractivity (Wildman–Crippen MR) is 100 cm³/mol. The Balaban J connectivity index is 2.02. The molecule has 0 aliphatic heterocycles. The minimum absolute atomic E-state index is 0.192. The molecule has 0 saturated heterocycles. The summed E-state index contributed by atoms with van der Waals surface area (Å²) in [4.78, 5) is 24.1. The van der Waals surface area contributed by atoms with E-state index in [9.17, 15) is 9.59 Å². The lowest BCUT2D eigenvalue weighted by atomic mass is 10.1. The Hall–Kier alpha value is -2.82. The Bertz CT molecular complexity index is 769. The zero-order chi connectivity index (χ0) is 18.4. The Labute approximate surface area is 148 Å². The van der Waals surface area contributed by atoms with Gasteiger partial charge in [-0.25, -0.2) is 4.79 Å². The minimum Gasteiger partial charge on any atom is -0.449 e. The second kappa shape index (κ2) is 8.33. The van der Waals surface area contributed by atoms with E-state index in [1.54, 1.807) is 30.3 Å². The van der Waals surface area contributed by atoms with Gasteiger partial charge in [0.05, 0.1) is 6.61 Å². The van der Waals surface area contributed by atoms with Crippen molar-refractivity contribution < 1.29 is 14.3 Å². The van der Waals surface area contributed by atoms with Gasteiger partial charge in [-0.2, -0.15) is 0 Å². The number of hydrogen-bond acceptors (Lipinski definition) is 3. The van der Waals surface area contributed by atoms with Crippen LogP contribution < -0.4 is 10.6 Å². The largest absolute Gasteiger partial charge is 0.449 e. The molecule has 5 heteroatoms. The lowest BCUT2D eigenvalue weighted by molar-refractivity contribution is 0.102. The van der Waals surface area contributed by atoms with Crippen molar-refractivity contribution in [2.24, 2.45) is 5.92 Å². The van der Waals surface area contributed by atoms with Crippen molar-refractivity contribution in [2.45, 2.75) is 27.7 Å². The van der Waals surface area contributed by atoms with Gasteiger partial charge in [-0.3, -0.25) is 10.1 Å². The third-order valence-electron chi connectivity index (χ3n) is 3.68. The van der Waals surface area contributed by atoms with E-state index in [2.05, 4.69) is 10.6 Å². The zero-order valence-electron chi connectivity index (χ0n) is 15.1. The number of carbonyl (C=O) groups excluding carboxylic acids is 2. The average molecular weight is 340 g/mol. The Morgan fingerprint density at radius 2 is 1.64 bits per heavy atom. The predicted octanol–water partition coefficient (Wildman–Crippen LogP) is 4.76. The van der Waals surface area contributed by atoms with E-state index < -0.39 is 6.09 Å². The zero-order valence-corrected chi connectivity index (χ0v) is 15.1. The molecule has 0 aliphatic carbocycles. The van der Waals surface area contributed by atoms with Gasteiger partial charge in [0, 0.05) is 16.9 Å². The maximum Gasteiger partial charge on any atom is 0.411 e. The highest BCUT2D eigenvalue weighted by molar-refractivity contribution is 6.04. The van der Waals surface area contributed by atoms with Gasteiger partial charge in [0.1, 0.15) is 0 Å². The first kappa shape index (κ1) is 18.5. The highest BCUT2D eigenvalue weighted by atomic mass is 16.5. The van der Waals surface area contributed by atoms with Crippen molar-refractivity contribution in [3.8, 4) is 0 Å². The maximum absolute atomic E-state index is 12.4. The molecule has 0 aliphatic rings. The van der Waals surface area contributed by atoms with Gasteiger partial charge in [-0.1, -0.05) is 26.0 Å². The SMILES string of the molecule is Cc1ccc(C(=O)Nc2cccc(NC(=O)OCC(C)C)c2)cc1C. The summed E-state index contributed by atoms with van der Waals surface area (Å²) in [6.07, 6.45) is -0.508. The second-order valence-corrected chi connectivity index (χ2v) is 6.45. The molecular weight excluding hydrogens is 316 g/mol. The van der Waals surface area contributed by atoms with E-state index in [1.807, 2.05) is 39.8 Å². The fourth-order valence-corrected chi connectivity index (χ4v) is 2.16. The lowest BCUT2D eigenvalue weighted by Gasteiger charge is -2.11. The van der Waals surface area contributed by atoms with E-state index in [0.29, 0.717) is 23.5 Å². The molecule has 2 aromatic rings. The maximum atomic E-state index is 12.4. The highest BCUT2D eigenvalue weighted by Gasteiger charge is 2.09. The molecule has 0 unspecified atom stereocenters. The van der Waals surface area contributed by atoms with Crippen LogP contribution in [-0.2, 0) is 4.74 Å². The molecule has 0 radical (unpaired) electrons. The number of aryl methyl sites for hydroxylation is 2. The molecule has 0 spiro atoms. The molecule has 2 rings (SSSR count). The average Bonchev–Trinajstić information content (AvgIpc) is 2.55. The molecule has 25 heavy (non-hydrogen) atoms. The Morgan fingerprint density at radius 3 is 2.28 bits per heavy atom. The number of hydrogen-bond donors (Lipinski definition) is 2. The van der Waals surface area contributed by atoms with Crippen molar-refractivity contribution in [2.75, 3.05) is 17.2 Å². The number of nitrogens with one attached hydrogen (secondary N) is 2. The van der Waals surface area contributed by atoms with Crippen LogP contribution in [0.2, 0.25) is 0 Å². The van der Waals surface area contributed by atoms with Gasteiger partial charge in [-0.05, 0) is 61.2 Å². The van der Waals surface area contributed by atoms with Crippen LogP contribution in [0.5, 0.6) is 0 Å². The molecular formula is C20H24N2O3. The number of carbonyl (C=O) groups is 2. The summed E-state index contributed by atoms with van der Waals surface area (Å²) in [5.41, 5.74) is 3.97. The van der Waals surface area contributed by atoms with E-state index in [4.69, 9.17) is 4.74 Å². The van der Waals surface area contributed by atoms with E-state index in [-0.39, 0.29) is 11.8 Å². The molecule has 0 atom stereocenters. The van der Waals surface area contributed by atoms with E-state index >= 15 is 0 Å². The van der Waals surface area contributed by atoms with Crippen molar-refractivity contribution in [1.29, 1.82) is 0 Å². The molecule has 0 heterocycles. The fraction of sp³-hybridized carbons (Fsp3) is 0.300. The smallest absolute Gasteiger partial charge is 0.411 e. The van der Waals surface area contributed by atoms with Gasteiger partial charge < -0.3 is 10.1 Å². The molecule has 0 saturated carbocycles. The van der Waals surface area contributed by atoms with Crippen LogP contribution in [0.3, 0.4) is 0 Å². The van der Waals surface area contributed by atoms with Crippen molar-refractivity contribution in [3.05, 3.63) is 59.2 Å². The van der Waals surface area contributed by atoms with E-state index in [1.165, 1.54) is 0 Å². The minimum atomic E-state index is -0.508. The van der Waals surface area contributed by atoms with Crippen molar-refractivity contribution >= 4 is 23.4 Å². The first-order valence-electron chi connectivity index (χ1n) is 8.27. The van der Waals surface area contributed by atoms with Gasteiger partial charge >= 0.3 is 6.09 Å². The molecule has 2 aromatic carbocycles. The topological polar surface area (TPSA) is 67.4 Å². The second-order valence-electron chi connectivity index (χ2n) is 6.45. The monoisotopic (exact) mass is 340 g/mol. The van der Waals surface area contributed by atoms with Gasteiger partial charge in [0.2, 0.25) is 0 Å². The molecule has 2 amide bonds. The van der Waals surface area contributed by atoms with Crippen LogP contribution in [0.15, 0.2) is 42.5 Å². The number of benzene rings is 2. The quantitative estimate of drug-likeness (QED) is 0.824.